The van der Waals surface area contributed by atoms with Crippen molar-refractivity contribution in [2.24, 2.45) is 0 Å². The van der Waals surface area contributed by atoms with Crippen LogP contribution in [0.5, 0.6) is 0 Å². The molecule has 1 unspecified atom stereocenters. The highest BCUT2D eigenvalue weighted by atomic mass is 16.3. The third kappa shape index (κ3) is 3.62. The minimum Gasteiger partial charge on any atom is -0.391 e. The minimum atomic E-state index is -0.620. The number of aliphatic hydroxyl groups excluding tert-OH is 1. The molecule has 0 radical (unpaired) electrons. The maximum absolute atomic E-state index is 12.6. The maximum atomic E-state index is 12.6. The predicted molar refractivity (Wildman–Crippen MR) is 98.5 cm³/mol. The zero-order valence-electron chi connectivity index (χ0n) is 15.2. The van der Waals surface area contributed by atoms with Gasteiger partial charge < -0.3 is 14.9 Å². The van der Waals surface area contributed by atoms with E-state index in [1.165, 1.54) is 21.3 Å². The van der Waals surface area contributed by atoms with Crippen LogP contribution >= 0.6 is 0 Å². The Hall–Kier alpha value is -2.12. The molecule has 0 spiro atoms. The SMILES string of the molecule is CCC([C@H](C)O)n1ncn(-c2ccc(N3CCN(C)CC3)cc2)c1=O. The van der Waals surface area contributed by atoms with E-state index in [1.54, 1.807) is 6.92 Å². The van der Waals surface area contributed by atoms with Crippen LogP contribution in [0.1, 0.15) is 26.3 Å². The van der Waals surface area contributed by atoms with Gasteiger partial charge >= 0.3 is 5.69 Å². The van der Waals surface area contributed by atoms with Crippen molar-refractivity contribution in [3.63, 3.8) is 0 Å². The van der Waals surface area contributed by atoms with Gasteiger partial charge in [0.05, 0.1) is 17.8 Å². The topological polar surface area (TPSA) is 66.5 Å². The van der Waals surface area contributed by atoms with Crippen molar-refractivity contribution in [1.82, 2.24) is 19.2 Å². The Balaban J connectivity index is 1.81. The van der Waals surface area contributed by atoms with E-state index in [1.807, 2.05) is 19.1 Å². The molecule has 2 atom stereocenters. The number of piperazine rings is 1. The Morgan fingerprint density at radius 1 is 1.12 bits per heavy atom. The minimum absolute atomic E-state index is 0.222. The van der Waals surface area contributed by atoms with Crippen molar-refractivity contribution in [2.75, 3.05) is 38.1 Å². The number of nitrogens with zero attached hydrogens (tertiary/aromatic N) is 5. The lowest BCUT2D eigenvalue weighted by atomic mass is 10.1. The normalized spacial score (nSPS) is 18.3. The molecule has 25 heavy (non-hydrogen) atoms. The number of anilines is 1. The fourth-order valence-corrected chi connectivity index (χ4v) is 3.33. The molecule has 7 nitrogen and oxygen atoms in total. The number of hydrogen-bond donors (Lipinski definition) is 1. The molecule has 0 amide bonds. The number of aromatic nitrogens is 3. The first kappa shape index (κ1) is 17.7. The molecule has 2 heterocycles. The highest BCUT2D eigenvalue weighted by molar-refractivity contribution is 5.51. The van der Waals surface area contributed by atoms with E-state index < -0.39 is 6.10 Å². The van der Waals surface area contributed by atoms with Crippen molar-refractivity contribution < 1.29 is 5.11 Å². The van der Waals surface area contributed by atoms with Crippen LogP contribution in [-0.4, -0.2) is 63.7 Å². The fraction of sp³-hybridized carbons (Fsp3) is 0.556. The van der Waals surface area contributed by atoms with Gasteiger partial charge in [0.25, 0.3) is 0 Å². The number of benzene rings is 1. The van der Waals surface area contributed by atoms with Gasteiger partial charge in [-0.2, -0.15) is 5.10 Å². The largest absolute Gasteiger partial charge is 0.391 e. The molecular formula is C18H27N5O2. The molecule has 1 saturated heterocycles. The van der Waals surface area contributed by atoms with Crippen molar-refractivity contribution in [1.29, 1.82) is 0 Å². The maximum Gasteiger partial charge on any atom is 0.350 e. The number of hydrogen-bond acceptors (Lipinski definition) is 5. The smallest absolute Gasteiger partial charge is 0.350 e. The Morgan fingerprint density at radius 3 is 2.28 bits per heavy atom. The second-order valence-electron chi connectivity index (χ2n) is 6.75. The molecule has 0 saturated carbocycles. The lowest BCUT2D eigenvalue weighted by molar-refractivity contribution is 0.118. The molecule has 1 aliphatic heterocycles. The van der Waals surface area contributed by atoms with E-state index in [4.69, 9.17) is 0 Å². The predicted octanol–water partition coefficient (Wildman–Crippen LogP) is 1.12. The summed E-state index contributed by atoms with van der Waals surface area (Å²) in [5, 5.41) is 14.0. The second kappa shape index (κ2) is 7.41. The zero-order valence-corrected chi connectivity index (χ0v) is 15.2. The van der Waals surface area contributed by atoms with Gasteiger partial charge in [0.1, 0.15) is 6.33 Å². The summed E-state index contributed by atoms with van der Waals surface area (Å²) < 4.78 is 2.90. The first-order valence-corrected chi connectivity index (χ1v) is 8.89. The van der Waals surface area contributed by atoms with Crippen LogP contribution in [0.4, 0.5) is 5.69 Å². The lowest BCUT2D eigenvalue weighted by Gasteiger charge is -2.34. The lowest BCUT2D eigenvalue weighted by Crippen LogP contribution is -2.44. The van der Waals surface area contributed by atoms with Crippen molar-refractivity contribution in [3.05, 3.63) is 41.1 Å². The van der Waals surface area contributed by atoms with Crippen LogP contribution in [0.3, 0.4) is 0 Å². The van der Waals surface area contributed by atoms with E-state index >= 15 is 0 Å². The summed E-state index contributed by atoms with van der Waals surface area (Å²) in [4.78, 5) is 17.3. The molecule has 136 valence electrons. The van der Waals surface area contributed by atoms with Gasteiger partial charge in [-0.3, -0.25) is 0 Å². The number of aliphatic hydroxyl groups is 1. The van der Waals surface area contributed by atoms with Gasteiger partial charge in [0.2, 0.25) is 0 Å². The summed E-state index contributed by atoms with van der Waals surface area (Å²) in [7, 11) is 2.14. The van der Waals surface area contributed by atoms with Crippen LogP contribution in [0.15, 0.2) is 35.4 Å². The van der Waals surface area contributed by atoms with Gasteiger partial charge in [-0.15, -0.1) is 0 Å². The summed E-state index contributed by atoms with van der Waals surface area (Å²) in [6.07, 6.45) is 1.56. The molecule has 2 aromatic rings. The second-order valence-corrected chi connectivity index (χ2v) is 6.75. The number of rotatable bonds is 5. The Bertz CT molecular complexity index is 742. The monoisotopic (exact) mass is 345 g/mol. The van der Waals surface area contributed by atoms with Gasteiger partial charge in [0.15, 0.2) is 0 Å². The molecule has 1 aliphatic rings. The van der Waals surface area contributed by atoms with Gasteiger partial charge in [-0.25, -0.2) is 14.0 Å². The molecule has 3 rings (SSSR count). The summed E-state index contributed by atoms with van der Waals surface area (Å²) in [5.74, 6) is 0. The average molecular weight is 345 g/mol. The fourth-order valence-electron chi connectivity index (χ4n) is 3.33. The molecular weight excluding hydrogens is 318 g/mol. The van der Waals surface area contributed by atoms with E-state index in [0.717, 1.165) is 31.9 Å². The highest BCUT2D eigenvalue weighted by Crippen LogP contribution is 2.19. The van der Waals surface area contributed by atoms with E-state index in [0.29, 0.717) is 6.42 Å². The van der Waals surface area contributed by atoms with Crippen molar-refractivity contribution in [3.8, 4) is 5.69 Å². The molecule has 1 aromatic carbocycles. The van der Waals surface area contributed by atoms with Gasteiger partial charge in [0, 0.05) is 31.9 Å². The summed E-state index contributed by atoms with van der Waals surface area (Å²) in [6.45, 7) is 7.77. The molecule has 1 fully saturated rings. The average Bonchev–Trinajstić information content (AvgIpc) is 2.98. The van der Waals surface area contributed by atoms with Crippen LogP contribution in [0.2, 0.25) is 0 Å². The first-order valence-electron chi connectivity index (χ1n) is 8.89. The van der Waals surface area contributed by atoms with Crippen molar-refractivity contribution >= 4 is 5.69 Å². The third-order valence-corrected chi connectivity index (χ3v) is 4.98. The first-order chi connectivity index (χ1) is 12.0. The van der Waals surface area contributed by atoms with Crippen LogP contribution < -0.4 is 10.6 Å². The molecule has 0 bridgehead atoms. The van der Waals surface area contributed by atoms with E-state index in [2.05, 4.69) is 34.1 Å². The molecule has 0 aliphatic carbocycles. The Labute approximate surface area is 148 Å². The summed E-state index contributed by atoms with van der Waals surface area (Å²) >= 11 is 0. The Morgan fingerprint density at radius 2 is 1.72 bits per heavy atom. The molecule has 1 aromatic heterocycles. The van der Waals surface area contributed by atoms with E-state index in [-0.39, 0.29) is 11.7 Å². The number of likely N-dealkylation sites (N-methyl/N-ethyl adjacent to an activating group) is 1. The highest BCUT2D eigenvalue weighted by Gasteiger charge is 2.20. The van der Waals surface area contributed by atoms with Gasteiger partial charge in [-0.05, 0) is 44.7 Å². The van der Waals surface area contributed by atoms with Crippen LogP contribution in [-0.2, 0) is 0 Å². The summed E-state index contributed by atoms with van der Waals surface area (Å²) in [6, 6.07) is 7.69. The van der Waals surface area contributed by atoms with Crippen LogP contribution in [0, 0.1) is 0 Å². The standard InChI is InChI=1S/C18H27N5O2/c1-4-17(14(2)24)23-18(25)22(13-19-23)16-7-5-15(6-8-16)21-11-9-20(3)10-12-21/h5-8,13-14,17,24H,4,9-12H2,1-3H3/t14-,17?/m0/s1. The van der Waals surface area contributed by atoms with E-state index in [9.17, 15) is 9.90 Å². The van der Waals surface area contributed by atoms with Crippen LogP contribution in [0.25, 0.3) is 5.69 Å². The van der Waals surface area contributed by atoms with Gasteiger partial charge in [-0.1, -0.05) is 6.92 Å². The zero-order chi connectivity index (χ0) is 18.0. The Kier molecular flexibility index (Phi) is 5.24. The summed E-state index contributed by atoms with van der Waals surface area (Å²) in [5.41, 5.74) is 1.74. The third-order valence-electron chi connectivity index (χ3n) is 4.98. The molecule has 7 heteroatoms. The quantitative estimate of drug-likeness (QED) is 0.880. The van der Waals surface area contributed by atoms with Crippen molar-refractivity contribution in [2.45, 2.75) is 32.4 Å². The molecule has 1 N–H and O–H groups in total.